The second-order valence-electron chi connectivity index (χ2n) is 4.78. The van der Waals surface area contributed by atoms with E-state index in [1.807, 2.05) is 0 Å². The van der Waals surface area contributed by atoms with Crippen molar-refractivity contribution in [3.63, 3.8) is 0 Å². The summed E-state index contributed by atoms with van der Waals surface area (Å²) >= 11 is 0. The Balaban J connectivity index is 3.05. The smallest absolute Gasteiger partial charge is 0.257 e. The Hall–Kier alpha value is -1.75. The molecule has 4 N–H and O–H groups in total. The maximum absolute atomic E-state index is 12.2. The van der Waals surface area contributed by atoms with Gasteiger partial charge in [0.25, 0.3) is 5.91 Å². The van der Waals surface area contributed by atoms with Crippen LogP contribution in [-0.4, -0.2) is 29.8 Å². The predicted molar refractivity (Wildman–Crippen MR) is 70.6 cm³/mol. The van der Waals surface area contributed by atoms with Crippen LogP contribution < -0.4 is 15.8 Å². The first kappa shape index (κ1) is 14.3. The number of carbonyl (C=O) groups is 1. The summed E-state index contributed by atoms with van der Waals surface area (Å²) in [5, 5.41) is 12.3. The lowest BCUT2D eigenvalue weighted by Crippen LogP contribution is -2.51. The highest BCUT2D eigenvalue weighted by molar-refractivity contribution is 6.02. The van der Waals surface area contributed by atoms with Crippen molar-refractivity contribution in [1.29, 1.82) is 0 Å². The molecule has 0 radical (unpaired) electrons. The second-order valence-corrected chi connectivity index (χ2v) is 4.78. The topological polar surface area (TPSA) is 84.6 Å². The van der Waals surface area contributed by atoms with Gasteiger partial charge in [0, 0.05) is 5.69 Å². The summed E-state index contributed by atoms with van der Waals surface area (Å²) in [6.45, 7) is 5.09. The predicted octanol–water partition coefficient (Wildman–Crippen LogP) is 1.17. The number of aliphatic hydroxyl groups excluding tert-OH is 1. The summed E-state index contributed by atoms with van der Waals surface area (Å²) in [5.41, 5.74) is 5.67. The third kappa shape index (κ3) is 2.92. The lowest BCUT2D eigenvalue weighted by atomic mass is 9.98. The van der Waals surface area contributed by atoms with Crippen LogP contribution in [0.2, 0.25) is 0 Å². The van der Waals surface area contributed by atoms with Crippen molar-refractivity contribution in [2.24, 2.45) is 0 Å². The average Bonchev–Trinajstić information content (AvgIpc) is 2.27. The molecule has 18 heavy (non-hydrogen) atoms. The number of hydrogen-bond donors (Lipinski definition) is 3. The molecule has 0 spiro atoms. The molecule has 0 bridgehead atoms. The monoisotopic (exact) mass is 252 g/mol. The average molecular weight is 252 g/mol. The van der Waals surface area contributed by atoms with Crippen molar-refractivity contribution in [2.75, 3.05) is 12.8 Å². The van der Waals surface area contributed by atoms with Gasteiger partial charge in [-0.1, -0.05) is 6.07 Å². The van der Waals surface area contributed by atoms with Crippen LogP contribution in [0.3, 0.4) is 0 Å². The maximum atomic E-state index is 12.2. The van der Waals surface area contributed by atoms with E-state index in [2.05, 4.69) is 5.32 Å². The zero-order valence-corrected chi connectivity index (χ0v) is 11.2. The molecule has 0 aromatic heterocycles. The van der Waals surface area contributed by atoms with Crippen LogP contribution >= 0.6 is 0 Å². The van der Waals surface area contributed by atoms with Crippen molar-refractivity contribution < 1.29 is 14.6 Å². The van der Waals surface area contributed by atoms with E-state index in [-0.39, 0.29) is 11.5 Å². The van der Waals surface area contributed by atoms with Crippen molar-refractivity contribution in [2.45, 2.75) is 32.4 Å². The minimum atomic E-state index is -0.746. The van der Waals surface area contributed by atoms with E-state index in [1.54, 1.807) is 39.0 Å². The number of nitrogens with two attached hydrogens (primary N) is 1. The number of rotatable bonds is 4. The van der Waals surface area contributed by atoms with Gasteiger partial charge in [0.2, 0.25) is 0 Å². The molecular weight excluding hydrogens is 232 g/mol. The molecule has 1 rings (SSSR count). The number of methoxy groups -OCH3 is 1. The quantitative estimate of drug-likeness (QED) is 0.702. The second kappa shape index (κ2) is 5.27. The number of aliphatic hydroxyl groups is 1. The molecule has 0 aliphatic carbocycles. The maximum Gasteiger partial charge on any atom is 0.257 e. The minimum Gasteiger partial charge on any atom is -0.496 e. The Morgan fingerprint density at radius 1 is 1.50 bits per heavy atom. The normalized spacial score (nSPS) is 12.9. The summed E-state index contributed by atoms with van der Waals surface area (Å²) in [7, 11) is 1.48. The SMILES string of the molecule is COc1cccc(N)c1C(=O)NC(C)(C)C(C)O. The molecule has 1 unspecified atom stereocenters. The van der Waals surface area contributed by atoms with Crippen LogP contribution in [0.15, 0.2) is 18.2 Å². The molecule has 5 nitrogen and oxygen atoms in total. The van der Waals surface area contributed by atoms with Crippen LogP contribution in [0.25, 0.3) is 0 Å². The van der Waals surface area contributed by atoms with Gasteiger partial charge in [0.1, 0.15) is 11.3 Å². The van der Waals surface area contributed by atoms with Crippen LogP contribution in [0.1, 0.15) is 31.1 Å². The minimum absolute atomic E-state index is 0.286. The van der Waals surface area contributed by atoms with E-state index in [1.165, 1.54) is 7.11 Å². The molecular formula is C13H20N2O3. The lowest BCUT2D eigenvalue weighted by molar-refractivity contribution is 0.0708. The van der Waals surface area contributed by atoms with Crippen LogP contribution in [-0.2, 0) is 0 Å². The highest BCUT2D eigenvalue weighted by Crippen LogP contribution is 2.24. The van der Waals surface area contributed by atoms with E-state index in [4.69, 9.17) is 10.5 Å². The van der Waals surface area contributed by atoms with Crippen molar-refractivity contribution >= 4 is 11.6 Å². The molecule has 1 aromatic rings. The molecule has 0 saturated carbocycles. The number of carbonyl (C=O) groups excluding carboxylic acids is 1. The Morgan fingerprint density at radius 3 is 2.61 bits per heavy atom. The van der Waals surface area contributed by atoms with Gasteiger partial charge in [0.15, 0.2) is 0 Å². The van der Waals surface area contributed by atoms with Crippen molar-refractivity contribution in [1.82, 2.24) is 5.32 Å². The van der Waals surface area contributed by atoms with Gasteiger partial charge in [-0.15, -0.1) is 0 Å². The number of nitrogens with one attached hydrogen (secondary N) is 1. The first-order chi connectivity index (χ1) is 8.29. The number of ether oxygens (including phenoxy) is 1. The molecule has 1 amide bonds. The summed E-state index contributed by atoms with van der Waals surface area (Å²) in [6.07, 6.45) is -0.683. The fraction of sp³-hybridized carbons (Fsp3) is 0.462. The van der Waals surface area contributed by atoms with Gasteiger partial charge < -0.3 is 20.9 Å². The first-order valence-electron chi connectivity index (χ1n) is 5.72. The molecule has 0 aliphatic rings. The Morgan fingerprint density at radius 2 is 2.11 bits per heavy atom. The van der Waals surface area contributed by atoms with E-state index in [0.29, 0.717) is 11.4 Å². The molecule has 5 heteroatoms. The summed E-state index contributed by atoms with van der Waals surface area (Å²) in [6, 6.07) is 5.01. The van der Waals surface area contributed by atoms with Crippen LogP contribution in [0, 0.1) is 0 Å². The number of nitrogen functional groups attached to an aromatic ring is 1. The highest BCUT2D eigenvalue weighted by Gasteiger charge is 2.28. The molecule has 1 aromatic carbocycles. The third-order valence-corrected chi connectivity index (χ3v) is 2.99. The van der Waals surface area contributed by atoms with E-state index >= 15 is 0 Å². The van der Waals surface area contributed by atoms with E-state index in [0.717, 1.165) is 0 Å². The first-order valence-corrected chi connectivity index (χ1v) is 5.72. The van der Waals surface area contributed by atoms with Gasteiger partial charge in [-0.25, -0.2) is 0 Å². The van der Waals surface area contributed by atoms with Gasteiger partial charge in [-0.2, -0.15) is 0 Å². The number of anilines is 1. The number of benzene rings is 1. The van der Waals surface area contributed by atoms with Gasteiger partial charge in [0.05, 0.1) is 18.8 Å². The standard InChI is InChI=1S/C13H20N2O3/c1-8(16)13(2,3)15-12(17)11-9(14)6-5-7-10(11)18-4/h5-8,16H,14H2,1-4H3,(H,15,17). The molecule has 0 heterocycles. The zero-order valence-electron chi connectivity index (χ0n) is 11.2. The number of amides is 1. The molecule has 1 atom stereocenters. The summed E-state index contributed by atoms with van der Waals surface area (Å²) in [4.78, 5) is 12.2. The van der Waals surface area contributed by atoms with Crippen molar-refractivity contribution in [3.8, 4) is 5.75 Å². The fourth-order valence-corrected chi connectivity index (χ4v) is 1.42. The molecule has 0 saturated heterocycles. The van der Waals surface area contributed by atoms with Gasteiger partial charge in [-0.05, 0) is 32.9 Å². The third-order valence-electron chi connectivity index (χ3n) is 2.99. The molecule has 0 fully saturated rings. The summed E-state index contributed by atoms with van der Waals surface area (Å²) < 4.78 is 5.12. The Kier molecular flexibility index (Phi) is 4.19. The van der Waals surface area contributed by atoms with E-state index in [9.17, 15) is 9.90 Å². The van der Waals surface area contributed by atoms with Crippen LogP contribution in [0.5, 0.6) is 5.75 Å². The van der Waals surface area contributed by atoms with Gasteiger partial charge >= 0.3 is 0 Å². The fourth-order valence-electron chi connectivity index (χ4n) is 1.42. The van der Waals surface area contributed by atoms with Gasteiger partial charge in [-0.3, -0.25) is 4.79 Å². The number of hydrogen-bond acceptors (Lipinski definition) is 4. The zero-order chi connectivity index (χ0) is 13.9. The largest absolute Gasteiger partial charge is 0.496 e. The Labute approximate surface area is 107 Å². The van der Waals surface area contributed by atoms with E-state index < -0.39 is 11.6 Å². The Bertz CT molecular complexity index is 442. The summed E-state index contributed by atoms with van der Waals surface area (Å²) in [5.74, 6) is 0.0461. The van der Waals surface area contributed by atoms with Crippen LogP contribution in [0.4, 0.5) is 5.69 Å². The molecule has 100 valence electrons. The lowest BCUT2D eigenvalue weighted by Gasteiger charge is -2.29. The van der Waals surface area contributed by atoms with Crippen molar-refractivity contribution in [3.05, 3.63) is 23.8 Å². The highest BCUT2D eigenvalue weighted by atomic mass is 16.5. The molecule has 0 aliphatic heterocycles.